The molecule has 0 bridgehead atoms. The number of hydrogen-bond acceptors (Lipinski definition) is 7. The third kappa shape index (κ3) is 8.30. The van der Waals surface area contributed by atoms with E-state index in [1.165, 1.54) is 0 Å². The quantitative estimate of drug-likeness (QED) is 0.146. The van der Waals surface area contributed by atoms with Gasteiger partial charge in [0.25, 0.3) is 16.0 Å². The fraction of sp³-hybridized carbons (Fsp3) is 0.364. The minimum atomic E-state index is -0.146. The molecule has 3 radical (unpaired) electrons. The molecule has 0 saturated heterocycles. The van der Waals surface area contributed by atoms with Crippen molar-refractivity contribution in [1.29, 1.82) is 0 Å². The Bertz CT molecular complexity index is 1530. The molecule has 0 amide bonds. The number of aromatic hydroxyl groups is 1. The van der Waals surface area contributed by atoms with Crippen molar-refractivity contribution >= 4 is 27.1 Å². The summed E-state index contributed by atoms with van der Waals surface area (Å²) in [5, 5.41) is 13.5. The minimum absolute atomic E-state index is 0.0860. The van der Waals surface area contributed by atoms with Crippen molar-refractivity contribution in [3.8, 4) is 5.75 Å². The fourth-order valence-corrected chi connectivity index (χ4v) is 5.41. The van der Waals surface area contributed by atoms with Crippen LogP contribution in [0.4, 0.5) is 5.69 Å². The molecule has 8 nitrogen and oxygen atoms in total. The molecule has 0 fully saturated rings. The largest absolute Gasteiger partial charge is 0.506 e. The van der Waals surface area contributed by atoms with Crippen molar-refractivity contribution in [2.45, 2.75) is 65.8 Å². The molecule has 4 N–H and O–H groups in total. The summed E-state index contributed by atoms with van der Waals surface area (Å²) in [5.74, 6) is 0.0947. The lowest BCUT2D eigenvalue weighted by Gasteiger charge is -2.32. The van der Waals surface area contributed by atoms with Gasteiger partial charge < -0.3 is 19.9 Å². The van der Waals surface area contributed by atoms with Crippen molar-refractivity contribution in [3.63, 3.8) is 0 Å². The molecule has 0 aliphatic rings. The van der Waals surface area contributed by atoms with Gasteiger partial charge in [0.1, 0.15) is 5.75 Å². The standard InChI is InChI=1S/C33H41N4O4Si/c1-33(2,3)20-28(36(4)41-42)19-26-10-14-30(38)32-29(26)13-15-31(39)37(32)17-16-23-8-11-27(12-9-23)35-40-22-25-7-5-6-24(18-25)21-34/h5-15,18,28,35,38H,16-17,19-22,34H2,1-4H3/t28-/m0/s1. The maximum Gasteiger partial charge on any atom is 0.281 e. The van der Waals surface area contributed by atoms with Crippen LogP contribution in [-0.2, 0) is 41.9 Å². The van der Waals surface area contributed by atoms with Gasteiger partial charge >= 0.3 is 0 Å². The van der Waals surface area contributed by atoms with Crippen LogP contribution in [-0.4, -0.2) is 38.3 Å². The number of benzene rings is 3. The summed E-state index contributed by atoms with van der Waals surface area (Å²) >= 11 is 0. The lowest BCUT2D eigenvalue weighted by atomic mass is 9.85. The Morgan fingerprint density at radius 1 is 1.02 bits per heavy atom. The Hall–Kier alpha value is -3.47. The lowest BCUT2D eigenvalue weighted by Crippen LogP contribution is -2.36. The Morgan fingerprint density at radius 3 is 2.45 bits per heavy atom. The number of nitrogens with zero attached hydrogens (tertiary/aromatic N) is 2. The van der Waals surface area contributed by atoms with Gasteiger partial charge in [0, 0.05) is 37.6 Å². The predicted octanol–water partition coefficient (Wildman–Crippen LogP) is 5.25. The van der Waals surface area contributed by atoms with Crippen LogP contribution in [0.3, 0.4) is 0 Å². The number of likely N-dealkylation sites (N-methyl/N-ethyl adjacent to an activating group) is 1. The normalized spacial score (nSPS) is 12.6. The van der Waals surface area contributed by atoms with Crippen molar-refractivity contribution in [2.24, 2.45) is 11.1 Å². The first-order valence-corrected chi connectivity index (χ1v) is 14.6. The molecule has 3 aromatic carbocycles. The van der Waals surface area contributed by atoms with Gasteiger partial charge in [-0.25, -0.2) is 5.06 Å². The fourth-order valence-electron chi connectivity index (χ4n) is 5.26. The Balaban J connectivity index is 1.46. The van der Waals surface area contributed by atoms with Crippen molar-refractivity contribution in [2.75, 3.05) is 12.5 Å². The van der Waals surface area contributed by atoms with Crippen LogP contribution >= 0.6 is 0 Å². The highest BCUT2D eigenvalue weighted by Crippen LogP contribution is 2.31. The molecular formula is C33H41N4O4Si. The SMILES string of the molecule is CN(O[Si])[C@@H](Cc1ccc(O)c2c1ccc(=O)n2CCc1ccc(NOCc2cccc(CN)c2)cc1)CC(C)(C)C. The number of hydrogen-bond donors (Lipinski definition) is 3. The second kappa shape index (κ2) is 14.1. The average molecular weight is 586 g/mol. The summed E-state index contributed by atoms with van der Waals surface area (Å²) in [6.45, 7) is 7.95. The number of pyridine rings is 1. The zero-order valence-electron chi connectivity index (χ0n) is 24.9. The number of rotatable bonds is 13. The molecule has 1 aromatic heterocycles. The molecule has 1 atom stereocenters. The zero-order chi connectivity index (χ0) is 30.3. The van der Waals surface area contributed by atoms with Crippen molar-refractivity contribution < 1.29 is 14.5 Å². The molecule has 0 aliphatic heterocycles. The molecular weight excluding hydrogens is 544 g/mol. The van der Waals surface area contributed by atoms with E-state index in [0.717, 1.165) is 39.7 Å². The summed E-state index contributed by atoms with van der Waals surface area (Å²) in [5.41, 5.74) is 14.3. The third-order valence-electron chi connectivity index (χ3n) is 7.41. The van der Waals surface area contributed by atoms with Gasteiger partial charge in [-0.2, -0.15) is 0 Å². The first-order valence-electron chi connectivity index (χ1n) is 14.2. The molecule has 0 aliphatic carbocycles. The molecule has 4 rings (SSSR count). The van der Waals surface area contributed by atoms with E-state index in [9.17, 15) is 9.90 Å². The van der Waals surface area contributed by atoms with Gasteiger partial charge in [0.2, 0.25) is 0 Å². The summed E-state index contributed by atoms with van der Waals surface area (Å²) in [6, 6.07) is 23.0. The third-order valence-corrected chi connectivity index (χ3v) is 7.70. The zero-order valence-corrected chi connectivity index (χ0v) is 25.9. The van der Waals surface area contributed by atoms with E-state index in [-0.39, 0.29) is 22.8 Å². The summed E-state index contributed by atoms with van der Waals surface area (Å²) in [6.07, 6.45) is 2.22. The van der Waals surface area contributed by atoms with E-state index >= 15 is 0 Å². The highest BCUT2D eigenvalue weighted by Gasteiger charge is 2.24. The Kier molecular flexibility index (Phi) is 10.6. The summed E-state index contributed by atoms with van der Waals surface area (Å²) < 4.78 is 7.04. The Morgan fingerprint density at radius 2 is 1.76 bits per heavy atom. The van der Waals surface area contributed by atoms with Crippen molar-refractivity contribution in [3.05, 3.63) is 105 Å². The number of phenolic OH excluding ortho intramolecular Hbond substituents is 1. The van der Waals surface area contributed by atoms with Crippen LogP contribution in [0.2, 0.25) is 0 Å². The van der Waals surface area contributed by atoms with E-state index in [1.54, 1.807) is 21.8 Å². The van der Waals surface area contributed by atoms with E-state index in [2.05, 4.69) is 36.7 Å². The number of hydroxylamine groups is 2. The van der Waals surface area contributed by atoms with Gasteiger partial charge in [-0.15, -0.1) is 0 Å². The van der Waals surface area contributed by atoms with Gasteiger partial charge in [0.05, 0.1) is 17.8 Å². The van der Waals surface area contributed by atoms with Gasteiger partial charge in [-0.1, -0.05) is 63.2 Å². The number of aryl methyl sites for hydroxylation is 2. The minimum Gasteiger partial charge on any atom is -0.506 e. The lowest BCUT2D eigenvalue weighted by molar-refractivity contribution is -0.0748. The molecule has 221 valence electrons. The molecule has 9 heteroatoms. The molecule has 1 heterocycles. The highest BCUT2D eigenvalue weighted by molar-refractivity contribution is 5.97. The monoisotopic (exact) mass is 585 g/mol. The second-order valence-electron chi connectivity index (χ2n) is 12.0. The molecule has 42 heavy (non-hydrogen) atoms. The molecule has 0 spiro atoms. The van der Waals surface area contributed by atoms with Gasteiger partial charge in [0.15, 0.2) is 0 Å². The van der Waals surface area contributed by atoms with Crippen molar-refractivity contribution in [1.82, 2.24) is 9.63 Å². The first kappa shape index (κ1) is 31.5. The molecule has 0 unspecified atom stereocenters. The van der Waals surface area contributed by atoms with Gasteiger partial charge in [-0.05, 0) is 71.2 Å². The van der Waals surface area contributed by atoms with Crippen LogP contribution in [0.25, 0.3) is 10.9 Å². The van der Waals surface area contributed by atoms with E-state index < -0.39 is 0 Å². The maximum atomic E-state index is 13.0. The second-order valence-corrected chi connectivity index (χ2v) is 12.1. The number of anilines is 1. The smallest absolute Gasteiger partial charge is 0.281 e. The van der Waals surface area contributed by atoms with Crippen LogP contribution in [0.5, 0.6) is 5.75 Å². The summed E-state index contributed by atoms with van der Waals surface area (Å²) in [7, 11) is 5.07. The van der Waals surface area contributed by atoms with Crippen LogP contribution < -0.4 is 16.8 Å². The van der Waals surface area contributed by atoms with Crippen LogP contribution in [0.15, 0.2) is 77.6 Å². The van der Waals surface area contributed by atoms with E-state index in [4.69, 9.17) is 15.1 Å². The van der Waals surface area contributed by atoms with Gasteiger partial charge in [-0.3, -0.25) is 15.1 Å². The highest BCUT2D eigenvalue weighted by atomic mass is 28.2. The molecule has 4 aromatic rings. The number of aromatic nitrogens is 1. The van der Waals surface area contributed by atoms with E-state index in [0.29, 0.717) is 38.1 Å². The molecule has 0 saturated carbocycles. The van der Waals surface area contributed by atoms with E-state index in [1.807, 2.05) is 67.7 Å². The number of nitrogens with one attached hydrogen (secondary N) is 1. The predicted molar refractivity (Wildman–Crippen MR) is 169 cm³/mol. The topological polar surface area (TPSA) is 102 Å². The first-order chi connectivity index (χ1) is 20.1. The number of fused-ring (bicyclic) bond motifs is 1. The summed E-state index contributed by atoms with van der Waals surface area (Å²) in [4.78, 5) is 18.7. The number of phenols is 1. The Labute approximate surface area is 251 Å². The average Bonchev–Trinajstić information content (AvgIpc) is 2.97. The van der Waals surface area contributed by atoms with Crippen LogP contribution in [0.1, 0.15) is 49.4 Å². The number of nitrogens with two attached hydrogens (primary N) is 1. The van der Waals surface area contributed by atoms with Crippen LogP contribution in [0, 0.1) is 5.41 Å². The maximum absolute atomic E-state index is 13.0.